The normalized spacial score (nSPS) is 14.1. The molecule has 0 bridgehead atoms. The minimum Gasteiger partial charge on any atom is -0.338 e. The van der Waals surface area contributed by atoms with Gasteiger partial charge < -0.3 is 14.8 Å². The van der Waals surface area contributed by atoms with Crippen molar-refractivity contribution in [3.05, 3.63) is 58.8 Å². The molecule has 5 heteroatoms. The first kappa shape index (κ1) is 18.3. The lowest BCUT2D eigenvalue weighted by atomic mass is 10.1. The van der Waals surface area contributed by atoms with Crippen LogP contribution in [0.2, 0.25) is 0 Å². The highest BCUT2D eigenvalue weighted by Crippen LogP contribution is 2.37. The molecule has 0 spiro atoms. The summed E-state index contributed by atoms with van der Waals surface area (Å²) >= 11 is 0. The fourth-order valence-corrected chi connectivity index (χ4v) is 4.14. The standard InChI is InChI=1S/C23H25N3O2/c1-14-10-11-18-17(13-14)21(26-12-6-9-19(26)27)22(25(18)4)23(28)24-20-15(2)7-5-8-16(20)3/h5,7-8,10-11,13H,6,9,12H2,1-4H3,(H,24,28). The fourth-order valence-electron chi connectivity index (χ4n) is 4.14. The van der Waals surface area contributed by atoms with Crippen molar-refractivity contribution in [3.8, 4) is 0 Å². The molecule has 4 rings (SSSR count). The molecule has 5 nitrogen and oxygen atoms in total. The van der Waals surface area contributed by atoms with Crippen molar-refractivity contribution in [3.63, 3.8) is 0 Å². The predicted molar refractivity (Wildman–Crippen MR) is 113 cm³/mol. The van der Waals surface area contributed by atoms with E-state index >= 15 is 0 Å². The lowest BCUT2D eigenvalue weighted by Crippen LogP contribution is -2.27. The second-order valence-electron chi connectivity index (χ2n) is 7.65. The van der Waals surface area contributed by atoms with Gasteiger partial charge in [-0.05, 0) is 50.5 Å². The highest BCUT2D eigenvalue weighted by Gasteiger charge is 2.31. The highest BCUT2D eigenvalue weighted by molar-refractivity contribution is 6.17. The Morgan fingerprint density at radius 1 is 1.07 bits per heavy atom. The van der Waals surface area contributed by atoms with Crippen LogP contribution in [0.5, 0.6) is 0 Å². The number of amides is 2. The van der Waals surface area contributed by atoms with E-state index < -0.39 is 0 Å². The first-order valence-electron chi connectivity index (χ1n) is 9.65. The summed E-state index contributed by atoms with van der Waals surface area (Å²) in [6, 6.07) is 12.1. The van der Waals surface area contributed by atoms with E-state index in [2.05, 4.69) is 11.4 Å². The molecular weight excluding hydrogens is 350 g/mol. The van der Waals surface area contributed by atoms with Crippen molar-refractivity contribution in [2.75, 3.05) is 16.8 Å². The molecule has 0 saturated carbocycles. The second kappa shape index (κ2) is 6.82. The minimum atomic E-state index is -0.191. The van der Waals surface area contributed by atoms with Gasteiger partial charge in [0.05, 0.1) is 11.2 Å². The van der Waals surface area contributed by atoms with Gasteiger partial charge in [0.1, 0.15) is 5.69 Å². The molecule has 1 aromatic heterocycles. The predicted octanol–water partition coefficient (Wildman–Crippen LogP) is 4.48. The summed E-state index contributed by atoms with van der Waals surface area (Å²) in [6.07, 6.45) is 1.35. The van der Waals surface area contributed by atoms with Crippen LogP contribution in [-0.2, 0) is 11.8 Å². The van der Waals surface area contributed by atoms with Crippen molar-refractivity contribution in [2.24, 2.45) is 7.05 Å². The number of fused-ring (bicyclic) bond motifs is 1. The summed E-state index contributed by atoms with van der Waals surface area (Å²) in [5, 5.41) is 4.04. The molecule has 1 fully saturated rings. The van der Waals surface area contributed by atoms with E-state index in [0.29, 0.717) is 18.7 Å². The summed E-state index contributed by atoms with van der Waals surface area (Å²) in [7, 11) is 1.89. The molecule has 3 aromatic rings. The topological polar surface area (TPSA) is 54.3 Å². The average Bonchev–Trinajstić information content (AvgIpc) is 3.18. The number of carbonyl (C=O) groups is 2. The Hall–Kier alpha value is -3.08. The van der Waals surface area contributed by atoms with E-state index in [1.54, 1.807) is 4.90 Å². The second-order valence-corrected chi connectivity index (χ2v) is 7.65. The molecule has 2 heterocycles. The number of aromatic nitrogens is 1. The van der Waals surface area contributed by atoms with Gasteiger partial charge in [0.25, 0.3) is 5.91 Å². The smallest absolute Gasteiger partial charge is 0.274 e. The van der Waals surface area contributed by atoms with Gasteiger partial charge in [0, 0.05) is 31.1 Å². The molecule has 144 valence electrons. The van der Waals surface area contributed by atoms with Crippen molar-refractivity contribution in [1.29, 1.82) is 0 Å². The maximum absolute atomic E-state index is 13.4. The number of rotatable bonds is 3. The third-order valence-corrected chi connectivity index (χ3v) is 5.61. The highest BCUT2D eigenvalue weighted by atomic mass is 16.2. The number of carbonyl (C=O) groups excluding carboxylic acids is 2. The summed E-state index contributed by atoms with van der Waals surface area (Å²) in [5.41, 5.74) is 6.17. The van der Waals surface area contributed by atoms with E-state index in [4.69, 9.17) is 0 Å². The number of anilines is 2. The Bertz CT molecular complexity index is 1090. The van der Waals surface area contributed by atoms with Gasteiger partial charge in [-0.3, -0.25) is 9.59 Å². The Kier molecular flexibility index (Phi) is 4.46. The number of nitrogens with one attached hydrogen (secondary N) is 1. The third kappa shape index (κ3) is 2.87. The molecule has 2 amide bonds. The van der Waals surface area contributed by atoms with Crippen LogP contribution in [0.4, 0.5) is 11.4 Å². The number of benzene rings is 2. The summed E-state index contributed by atoms with van der Waals surface area (Å²) < 4.78 is 1.90. The zero-order chi connectivity index (χ0) is 20.0. The number of hydrogen-bond acceptors (Lipinski definition) is 2. The molecule has 0 radical (unpaired) electrons. The summed E-state index contributed by atoms with van der Waals surface area (Å²) in [4.78, 5) is 27.7. The minimum absolute atomic E-state index is 0.0788. The fraction of sp³-hybridized carbons (Fsp3) is 0.304. The van der Waals surface area contributed by atoms with Gasteiger partial charge in [-0.15, -0.1) is 0 Å². The Balaban J connectivity index is 1.89. The maximum atomic E-state index is 13.4. The monoisotopic (exact) mass is 375 g/mol. The van der Waals surface area contributed by atoms with Crippen molar-refractivity contribution in [2.45, 2.75) is 33.6 Å². The first-order chi connectivity index (χ1) is 13.4. The van der Waals surface area contributed by atoms with Crippen molar-refractivity contribution in [1.82, 2.24) is 4.57 Å². The SMILES string of the molecule is Cc1ccc2c(c1)c(N1CCCC1=O)c(C(=O)Nc1c(C)cccc1C)n2C. The van der Waals surface area contributed by atoms with Crippen LogP contribution >= 0.6 is 0 Å². The van der Waals surface area contributed by atoms with Gasteiger partial charge in [-0.2, -0.15) is 0 Å². The molecule has 0 unspecified atom stereocenters. The molecule has 2 aromatic carbocycles. The van der Waals surface area contributed by atoms with Gasteiger partial charge in [0.2, 0.25) is 5.91 Å². The number of aryl methyl sites for hydroxylation is 4. The number of nitrogens with zero attached hydrogens (tertiary/aromatic N) is 2. The van der Waals surface area contributed by atoms with Crippen LogP contribution in [-0.4, -0.2) is 22.9 Å². The third-order valence-electron chi connectivity index (χ3n) is 5.61. The van der Waals surface area contributed by atoms with Gasteiger partial charge in [-0.25, -0.2) is 0 Å². The molecule has 0 atom stereocenters. The van der Waals surface area contributed by atoms with E-state index in [9.17, 15) is 9.59 Å². The lowest BCUT2D eigenvalue weighted by Gasteiger charge is -2.19. The zero-order valence-electron chi connectivity index (χ0n) is 16.8. The van der Waals surface area contributed by atoms with Crippen LogP contribution in [0.3, 0.4) is 0 Å². The molecule has 1 aliphatic rings. The zero-order valence-corrected chi connectivity index (χ0v) is 16.8. The molecular formula is C23H25N3O2. The maximum Gasteiger partial charge on any atom is 0.274 e. The van der Waals surface area contributed by atoms with E-state index in [-0.39, 0.29) is 11.8 Å². The van der Waals surface area contributed by atoms with Gasteiger partial charge in [-0.1, -0.05) is 29.8 Å². The van der Waals surface area contributed by atoms with Crippen LogP contribution in [0, 0.1) is 20.8 Å². The van der Waals surface area contributed by atoms with E-state index in [1.165, 1.54) is 0 Å². The van der Waals surface area contributed by atoms with E-state index in [0.717, 1.165) is 45.4 Å². The van der Waals surface area contributed by atoms with Crippen LogP contribution < -0.4 is 10.2 Å². The number of para-hydroxylation sites is 1. The van der Waals surface area contributed by atoms with Crippen LogP contribution in [0.15, 0.2) is 36.4 Å². The van der Waals surface area contributed by atoms with E-state index in [1.807, 2.05) is 62.7 Å². The molecule has 1 N–H and O–H groups in total. The number of hydrogen-bond donors (Lipinski definition) is 1. The molecule has 1 saturated heterocycles. The summed E-state index contributed by atoms with van der Waals surface area (Å²) in [5.74, 6) is -0.112. The molecule has 0 aliphatic carbocycles. The van der Waals surface area contributed by atoms with Crippen molar-refractivity contribution < 1.29 is 9.59 Å². The summed E-state index contributed by atoms with van der Waals surface area (Å²) in [6.45, 7) is 6.64. The van der Waals surface area contributed by atoms with Gasteiger partial charge >= 0.3 is 0 Å². The average molecular weight is 375 g/mol. The molecule has 1 aliphatic heterocycles. The van der Waals surface area contributed by atoms with Gasteiger partial charge in [0.15, 0.2) is 0 Å². The van der Waals surface area contributed by atoms with Crippen molar-refractivity contribution >= 4 is 34.1 Å². The quantitative estimate of drug-likeness (QED) is 0.734. The largest absolute Gasteiger partial charge is 0.338 e. The lowest BCUT2D eigenvalue weighted by molar-refractivity contribution is -0.117. The molecule has 28 heavy (non-hydrogen) atoms. The Morgan fingerprint density at radius 3 is 2.43 bits per heavy atom. The first-order valence-corrected chi connectivity index (χ1v) is 9.65. The Morgan fingerprint density at radius 2 is 1.79 bits per heavy atom. The Labute approximate surface area is 165 Å². The van der Waals surface area contributed by atoms with Crippen LogP contribution in [0.25, 0.3) is 10.9 Å². The van der Waals surface area contributed by atoms with Crippen LogP contribution in [0.1, 0.15) is 40.0 Å².